The van der Waals surface area contributed by atoms with Crippen molar-refractivity contribution in [3.05, 3.63) is 29.8 Å². The number of rotatable bonds is 2. The lowest BCUT2D eigenvalue weighted by molar-refractivity contribution is -0.116. The fourth-order valence-corrected chi connectivity index (χ4v) is 2.18. The van der Waals surface area contributed by atoms with Crippen molar-refractivity contribution in [1.82, 2.24) is 0 Å². The number of fused-ring (bicyclic) bond motifs is 1. The number of carbonyl (C=O) groups is 1. The van der Waals surface area contributed by atoms with Crippen molar-refractivity contribution >= 4 is 23.2 Å². The highest BCUT2D eigenvalue weighted by Crippen LogP contribution is 2.36. The van der Waals surface area contributed by atoms with E-state index in [9.17, 15) is 9.90 Å². The van der Waals surface area contributed by atoms with Gasteiger partial charge >= 0.3 is 0 Å². The van der Waals surface area contributed by atoms with Crippen LogP contribution in [0, 0.1) is 0 Å². The van der Waals surface area contributed by atoms with E-state index in [1.807, 2.05) is 24.3 Å². The average Bonchev–Trinajstić information content (AvgIpc) is 2.67. The molecule has 0 saturated heterocycles. The number of nitrogens with zero attached hydrogens (tertiary/aromatic N) is 1. The second-order valence-electron chi connectivity index (χ2n) is 3.79. The summed E-state index contributed by atoms with van der Waals surface area (Å²) in [6, 6.07) is 7.42. The van der Waals surface area contributed by atoms with E-state index < -0.39 is 6.23 Å². The van der Waals surface area contributed by atoms with Crippen LogP contribution in [0.15, 0.2) is 24.3 Å². The Bertz CT molecular complexity index is 409. The maximum atomic E-state index is 11.6. The summed E-state index contributed by atoms with van der Waals surface area (Å²) in [7, 11) is 0. The van der Waals surface area contributed by atoms with E-state index in [1.165, 1.54) is 0 Å². The molecule has 4 nitrogen and oxygen atoms in total. The number of halogens is 1. The Kier molecular flexibility index (Phi) is 3.14. The zero-order chi connectivity index (χ0) is 11.7. The largest absolute Gasteiger partial charge is 0.378 e. The third-order valence-electron chi connectivity index (χ3n) is 2.83. The maximum absolute atomic E-state index is 11.6. The van der Waals surface area contributed by atoms with Crippen molar-refractivity contribution < 1.29 is 9.90 Å². The molecule has 0 fully saturated rings. The highest BCUT2D eigenvalue weighted by molar-refractivity contribution is 6.29. The van der Waals surface area contributed by atoms with Gasteiger partial charge < -0.3 is 15.7 Å². The van der Waals surface area contributed by atoms with E-state index in [1.54, 1.807) is 4.90 Å². The average molecular weight is 241 g/mol. The second kappa shape index (κ2) is 4.41. The number of hydrogen-bond donors (Lipinski definition) is 2. The standard InChI is InChI=1S/C11H13ClN2O2/c12-5-10(15)14-6-8(11(13)16)7-3-1-2-4-9(7)14/h1-4,8,11,16H,5-6,13H2. The quantitative estimate of drug-likeness (QED) is 0.589. The molecule has 0 saturated carbocycles. The van der Waals surface area contributed by atoms with E-state index in [0.717, 1.165) is 11.3 Å². The van der Waals surface area contributed by atoms with Crippen LogP contribution in [0.2, 0.25) is 0 Å². The van der Waals surface area contributed by atoms with E-state index in [4.69, 9.17) is 17.3 Å². The molecule has 1 aliphatic rings. The number of benzene rings is 1. The molecule has 0 radical (unpaired) electrons. The molecule has 0 spiro atoms. The predicted octanol–water partition coefficient (Wildman–Crippen LogP) is 0.633. The van der Waals surface area contributed by atoms with Gasteiger partial charge in [-0.05, 0) is 11.6 Å². The van der Waals surface area contributed by atoms with Gasteiger partial charge in [0.25, 0.3) is 0 Å². The van der Waals surface area contributed by atoms with Crippen LogP contribution < -0.4 is 10.6 Å². The zero-order valence-electron chi connectivity index (χ0n) is 8.64. The second-order valence-corrected chi connectivity index (χ2v) is 4.06. The fraction of sp³-hybridized carbons (Fsp3) is 0.364. The SMILES string of the molecule is NC(O)C1CN(C(=O)CCl)c2ccccc21. The smallest absolute Gasteiger partial charge is 0.241 e. The van der Waals surface area contributed by atoms with Gasteiger partial charge in [0.1, 0.15) is 12.1 Å². The highest BCUT2D eigenvalue weighted by Gasteiger charge is 2.34. The van der Waals surface area contributed by atoms with Crippen LogP contribution in [-0.2, 0) is 4.79 Å². The summed E-state index contributed by atoms with van der Waals surface area (Å²) in [6.07, 6.45) is -0.964. The van der Waals surface area contributed by atoms with Gasteiger partial charge in [-0.2, -0.15) is 0 Å². The first-order chi connectivity index (χ1) is 7.65. The number of amides is 1. The Morgan fingerprint density at radius 2 is 2.31 bits per heavy atom. The number of aliphatic hydroxyl groups excluding tert-OH is 1. The van der Waals surface area contributed by atoms with Gasteiger partial charge in [0, 0.05) is 18.2 Å². The summed E-state index contributed by atoms with van der Waals surface area (Å²) < 4.78 is 0. The van der Waals surface area contributed by atoms with Crippen molar-refractivity contribution in [3.63, 3.8) is 0 Å². The normalized spacial score (nSPS) is 20.7. The molecule has 1 aromatic carbocycles. The van der Waals surface area contributed by atoms with Crippen LogP contribution in [0.25, 0.3) is 0 Å². The van der Waals surface area contributed by atoms with Gasteiger partial charge in [0.15, 0.2) is 0 Å². The first-order valence-electron chi connectivity index (χ1n) is 5.04. The number of alkyl halides is 1. The first-order valence-corrected chi connectivity index (χ1v) is 5.57. The summed E-state index contributed by atoms with van der Waals surface area (Å²) in [6.45, 7) is 0.391. The van der Waals surface area contributed by atoms with Gasteiger partial charge in [0.2, 0.25) is 5.91 Å². The summed E-state index contributed by atoms with van der Waals surface area (Å²) in [4.78, 5) is 13.2. The summed E-state index contributed by atoms with van der Waals surface area (Å²) in [5, 5.41) is 9.48. The molecule has 0 aliphatic carbocycles. The number of para-hydroxylation sites is 1. The molecule has 86 valence electrons. The van der Waals surface area contributed by atoms with Crippen LogP contribution in [0.5, 0.6) is 0 Å². The molecule has 2 unspecified atom stereocenters. The number of nitrogens with two attached hydrogens (primary N) is 1. The Balaban J connectivity index is 2.39. The lowest BCUT2D eigenvalue weighted by atomic mass is 10.0. The molecule has 1 amide bonds. The van der Waals surface area contributed by atoms with Crippen molar-refractivity contribution in [2.24, 2.45) is 5.73 Å². The van der Waals surface area contributed by atoms with Crippen LogP contribution in [0.1, 0.15) is 11.5 Å². The molecular weight excluding hydrogens is 228 g/mol. The molecular formula is C11H13ClN2O2. The Morgan fingerprint density at radius 3 is 2.94 bits per heavy atom. The number of aliphatic hydroxyl groups is 1. The van der Waals surface area contributed by atoms with E-state index in [0.29, 0.717) is 6.54 Å². The third kappa shape index (κ3) is 1.80. The van der Waals surface area contributed by atoms with Crippen molar-refractivity contribution in [3.8, 4) is 0 Å². The molecule has 1 aliphatic heterocycles. The Morgan fingerprint density at radius 1 is 1.62 bits per heavy atom. The van der Waals surface area contributed by atoms with E-state index >= 15 is 0 Å². The molecule has 16 heavy (non-hydrogen) atoms. The van der Waals surface area contributed by atoms with Crippen molar-refractivity contribution in [2.45, 2.75) is 12.1 Å². The summed E-state index contributed by atoms with van der Waals surface area (Å²) >= 11 is 5.54. The maximum Gasteiger partial charge on any atom is 0.241 e. The fourth-order valence-electron chi connectivity index (χ4n) is 2.04. The molecule has 0 aromatic heterocycles. The topological polar surface area (TPSA) is 66.6 Å². The first kappa shape index (κ1) is 11.4. The lowest BCUT2D eigenvalue weighted by Gasteiger charge is -2.17. The third-order valence-corrected chi connectivity index (χ3v) is 3.06. The van der Waals surface area contributed by atoms with Gasteiger partial charge in [-0.3, -0.25) is 4.79 Å². The minimum Gasteiger partial charge on any atom is -0.378 e. The van der Waals surface area contributed by atoms with Crippen molar-refractivity contribution in [2.75, 3.05) is 17.3 Å². The van der Waals surface area contributed by atoms with Gasteiger partial charge in [-0.1, -0.05) is 18.2 Å². The van der Waals surface area contributed by atoms with Gasteiger partial charge in [-0.25, -0.2) is 0 Å². The van der Waals surface area contributed by atoms with Crippen LogP contribution in [-0.4, -0.2) is 29.7 Å². The minimum atomic E-state index is -0.964. The van der Waals surface area contributed by atoms with E-state index in [2.05, 4.69) is 0 Å². The summed E-state index contributed by atoms with van der Waals surface area (Å²) in [5.41, 5.74) is 7.19. The predicted molar refractivity (Wildman–Crippen MR) is 62.5 cm³/mol. The Hall–Kier alpha value is -1.10. The molecule has 5 heteroatoms. The number of anilines is 1. The number of hydrogen-bond acceptors (Lipinski definition) is 3. The van der Waals surface area contributed by atoms with E-state index in [-0.39, 0.29) is 17.7 Å². The van der Waals surface area contributed by atoms with Gasteiger partial charge in [-0.15, -0.1) is 11.6 Å². The monoisotopic (exact) mass is 240 g/mol. The minimum absolute atomic E-state index is 0.0677. The molecule has 1 heterocycles. The molecule has 2 atom stereocenters. The van der Waals surface area contributed by atoms with Crippen molar-refractivity contribution in [1.29, 1.82) is 0 Å². The molecule has 0 bridgehead atoms. The summed E-state index contributed by atoms with van der Waals surface area (Å²) in [5.74, 6) is -0.470. The molecule has 3 N–H and O–H groups in total. The van der Waals surface area contributed by atoms with Crippen LogP contribution in [0.3, 0.4) is 0 Å². The number of carbonyl (C=O) groups excluding carboxylic acids is 1. The molecule has 1 aromatic rings. The van der Waals surface area contributed by atoms with Gasteiger partial charge in [0.05, 0.1) is 0 Å². The highest BCUT2D eigenvalue weighted by atomic mass is 35.5. The zero-order valence-corrected chi connectivity index (χ0v) is 9.39. The molecule has 2 rings (SSSR count). The van der Waals surface area contributed by atoms with Crippen LogP contribution >= 0.6 is 11.6 Å². The Labute approximate surface area is 98.6 Å². The lowest BCUT2D eigenvalue weighted by Crippen LogP contribution is -2.35. The van der Waals surface area contributed by atoms with Crippen LogP contribution in [0.4, 0.5) is 5.69 Å².